The molecule has 8 heteroatoms. The molecule has 1 aromatic rings. The first-order valence-electron chi connectivity index (χ1n) is 7.90. The largest absolute Gasteiger partial charge is 0.467 e. The van der Waals surface area contributed by atoms with Crippen LogP contribution in [0.5, 0.6) is 0 Å². The first-order valence-corrected chi connectivity index (χ1v) is 8.65. The van der Waals surface area contributed by atoms with Crippen LogP contribution in [0.25, 0.3) is 6.08 Å². The lowest BCUT2D eigenvalue weighted by molar-refractivity contribution is -0.148. The normalized spacial score (nSPS) is 12.1. The molecule has 0 fully saturated rings. The van der Waals surface area contributed by atoms with E-state index in [1.165, 1.54) is 19.3 Å². The number of halogens is 2. The Morgan fingerprint density at radius 1 is 1.19 bits per heavy atom. The first-order chi connectivity index (χ1) is 12.2. The number of benzene rings is 1. The molecule has 0 radical (unpaired) electrons. The molecule has 0 aromatic heterocycles. The molecule has 0 aliphatic heterocycles. The number of esters is 2. The number of methoxy groups -OCH3 is 1. The zero-order valence-corrected chi connectivity index (χ0v) is 16.3. The van der Waals surface area contributed by atoms with E-state index in [9.17, 15) is 14.4 Å². The highest BCUT2D eigenvalue weighted by molar-refractivity contribution is 6.42. The topological polar surface area (TPSA) is 81.7 Å². The van der Waals surface area contributed by atoms with Crippen molar-refractivity contribution in [2.45, 2.75) is 26.3 Å². The predicted molar refractivity (Wildman–Crippen MR) is 99.9 cm³/mol. The van der Waals surface area contributed by atoms with Gasteiger partial charge in [-0.05, 0) is 36.1 Å². The van der Waals surface area contributed by atoms with Crippen LogP contribution in [0.15, 0.2) is 24.3 Å². The van der Waals surface area contributed by atoms with E-state index in [0.29, 0.717) is 22.0 Å². The molecule has 0 spiro atoms. The van der Waals surface area contributed by atoms with E-state index >= 15 is 0 Å². The Bertz CT molecular complexity index is 688. The molecular formula is C18H21Cl2NO5. The third-order valence-corrected chi connectivity index (χ3v) is 3.97. The van der Waals surface area contributed by atoms with Crippen LogP contribution in [0.4, 0.5) is 0 Å². The average Bonchev–Trinajstić information content (AvgIpc) is 2.59. The van der Waals surface area contributed by atoms with Crippen molar-refractivity contribution in [3.8, 4) is 0 Å². The summed E-state index contributed by atoms with van der Waals surface area (Å²) in [5, 5.41) is 3.26. The third kappa shape index (κ3) is 7.89. The molecule has 1 atom stereocenters. The predicted octanol–water partition coefficient (Wildman–Crippen LogP) is 3.25. The summed E-state index contributed by atoms with van der Waals surface area (Å²) in [6.45, 7) is 3.32. The second kappa shape index (κ2) is 10.8. The number of ether oxygens (including phenoxy) is 2. The van der Waals surface area contributed by atoms with Gasteiger partial charge in [0.15, 0.2) is 6.61 Å². The Morgan fingerprint density at radius 3 is 2.46 bits per heavy atom. The van der Waals surface area contributed by atoms with E-state index < -0.39 is 30.5 Å². The van der Waals surface area contributed by atoms with Crippen molar-refractivity contribution in [2.75, 3.05) is 13.7 Å². The zero-order valence-electron chi connectivity index (χ0n) is 14.8. The van der Waals surface area contributed by atoms with Crippen LogP contribution in [-0.2, 0) is 23.9 Å². The molecule has 142 valence electrons. The van der Waals surface area contributed by atoms with Crippen LogP contribution in [0.3, 0.4) is 0 Å². The summed E-state index contributed by atoms with van der Waals surface area (Å²) in [4.78, 5) is 35.2. The molecule has 0 aliphatic rings. The van der Waals surface area contributed by atoms with Crippen LogP contribution in [0.1, 0.15) is 25.8 Å². The molecule has 0 saturated heterocycles. The van der Waals surface area contributed by atoms with Gasteiger partial charge < -0.3 is 14.8 Å². The van der Waals surface area contributed by atoms with Crippen molar-refractivity contribution < 1.29 is 23.9 Å². The molecule has 1 unspecified atom stereocenters. The lowest BCUT2D eigenvalue weighted by atomic mass is 10.0. The van der Waals surface area contributed by atoms with Gasteiger partial charge in [-0.3, -0.25) is 4.79 Å². The number of carbonyl (C=O) groups is 3. The Kier molecular flexibility index (Phi) is 9.16. The summed E-state index contributed by atoms with van der Waals surface area (Å²) >= 11 is 11.7. The molecule has 1 N–H and O–H groups in total. The van der Waals surface area contributed by atoms with Crippen molar-refractivity contribution in [3.63, 3.8) is 0 Å². The minimum absolute atomic E-state index is 0.177. The molecule has 0 heterocycles. The highest BCUT2D eigenvalue weighted by Crippen LogP contribution is 2.23. The highest BCUT2D eigenvalue weighted by atomic mass is 35.5. The fourth-order valence-electron chi connectivity index (χ4n) is 2.03. The van der Waals surface area contributed by atoms with Crippen molar-refractivity contribution in [1.82, 2.24) is 5.32 Å². The smallest absolute Gasteiger partial charge is 0.331 e. The maximum absolute atomic E-state index is 11.9. The third-order valence-electron chi connectivity index (χ3n) is 3.23. The van der Waals surface area contributed by atoms with Gasteiger partial charge in [0.05, 0.1) is 17.2 Å². The molecule has 0 bridgehead atoms. The number of nitrogens with one attached hydrogen (secondary N) is 1. The first kappa shape index (κ1) is 22.0. The van der Waals surface area contributed by atoms with Crippen LogP contribution in [0.2, 0.25) is 10.0 Å². The van der Waals surface area contributed by atoms with E-state index in [0.717, 1.165) is 0 Å². The molecular weight excluding hydrogens is 381 g/mol. The fourth-order valence-corrected chi connectivity index (χ4v) is 2.34. The van der Waals surface area contributed by atoms with Crippen LogP contribution >= 0.6 is 23.2 Å². The molecule has 1 amide bonds. The fraction of sp³-hybridized carbons (Fsp3) is 0.389. The highest BCUT2D eigenvalue weighted by Gasteiger charge is 2.22. The van der Waals surface area contributed by atoms with E-state index in [4.69, 9.17) is 27.9 Å². The van der Waals surface area contributed by atoms with Gasteiger partial charge in [-0.25, -0.2) is 9.59 Å². The Balaban J connectivity index is 2.52. The van der Waals surface area contributed by atoms with Crippen molar-refractivity contribution in [3.05, 3.63) is 39.9 Å². The number of hydrogen-bond donors (Lipinski definition) is 1. The standard InChI is InChI=1S/C18H21Cl2NO5/c1-11(2)8-15(18(24)25-3)21-16(22)10-26-17(23)7-5-12-4-6-13(19)14(20)9-12/h4-7,9,11,15H,8,10H2,1-3H3,(H,21,22)/b7-5+. The Morgan fingerprint density at radius 2 is 1.88 bits per heavy atom. The van der Waals surface area contributed by atoms with Crippen LogP contribution in [0, 0.1) is 5.92 Å². The van der Waals surface area contributed by atoms with Gasteiger partial charge in [-0.2, -0.15) is 0 Å². The number of rotatable bonds is 8. The van der Waals surface area contributed by atoms with E-state index in [1.807, 2.05) is 13.8 Å². The van der Waals surface area contributed by atoms with E-state index in [2.05, 4.69) is 10.1 Å². The summed E-state index contributed by atoms with van der Waals surface area (Å²) in [6, 6.07) is 4.09. The number of hydrogen-bond acceptors (Lipinski definition) is 5. The molecule has 1 rings (SSSR count). The number of carbonyl (C=O) groups excluding carboxylic acids is 3. The van der Waals surface area contributed by atoms with Gasteiger partial charge in [-0.1, -0.05) is 43.1 Å². The molecule has 6 nitrogen and oxygen atoms in total. The average molecular weight is 402 g/mol. The quantitative estimate of drug-likeness (QED) is 0.533. The van der Waals surface area contributed by atoms with Crippen LogP contribution < -0.4 is 5.32 Å². The minimum Gasteiger partial charge on any atom is -0.467 e. The maximum atomic E-state index is 11.9. The van der Waals surface area contributed by atoms with Crippen LogP contribution in [-0.4, -0.2) is 37.6 Å². The van der Waals surface area contributed by atoms with E-state index in [1.54, 1.807) is 18.2 Å². The zero-order chi connectivity index (χ0) is 19.7. The SMILES string of the molecule is COC(=O)C(CC(C)C)NC(=O)COC(=O)/C=C/c1ccc(Cl)c(Cl)c1. The summed E-state index contributed by atoms with van der Waals surface area (Å²) < 4.78 is 9.50. The van der Waals surface area contributed by atoms with Gasteiger partial charge in [0.1, 0.15) is 6.04 Å². The monoisotopic (exact) mass is 401 g/mol. The summed E-state index contributed by atoms with van der Waals surface area (Å²) in [5.74, 6) is -1.66. The number of amides is 1. The molecule has 1 aromatic carbocycles. The second-order valence-electron chi connectivity index (χ2n) is 5.89. The summed E-state index contributed by atoms with van der Waals surface area (Å²) in [6.07, 6.45) is 3.07. The van der Waals surface area contributed by atoms with E-state index in [-0.39, 0.29) is 5.92 Å². The van der Waals surface area contributed by atoms with Gasteiger partial charge >= 0.3 is 11.9 Å². The minimum atomic E-state index is -0.780. The lowest BCUT2D eigenvalue weighted by Gasteiger charge is -2.18. The second-order valence-corrected chi connectivity index (χ2v) is 6.70. The van der Waals surface area contributed by atoms with Gasteiger partial charge in [-0.15, -0.1) is 0 Å². The van der Waals surface area contributed by atoms with Gasteiger partial charge in [0.2, 0.25) is 0 Å². The molecule has 0 saturated carbocycles. The Labute approximate surface area is 162 Å². The lowest BCUT2D eigenvalue weighted by Crippen LogP contribution is -2.44. The van der Waals surface area contributed by atoms with Crippen molar-refractivity contribution in [2.24, 2.45) is 5.92 Å². The van der Waals surface area contributed by atoms with Crippen molar-refractivity contribution in [1.29, 1.82) is 0 Å². The van der Waals surface area contributed by atoms with Gasteiger partial charge in [0, 0.05) is 6.08 Å². The molecule has 0 aliphatic carbocycles. The summed E-state index contributed by atoms with van der Waals surface area (Å²) in [5.41, 5.74) is 0.656. The Hall–Kier alpha value is -2.05. The molecule has 26 heavy (non-hydrogen) atoms. The van der Waals surface area contributed by atoms with Crippen molar-refractivity contribution >= 4 is 47.1 Å². The maximum Gasteiger partial charge on any atom is 0.331 e. The van der Waals surface area contributed by atoms with Gasteiger partial charge in [0.25, 0.3) is 5.91 Å². The summed E-state index contributed by atoms with van der Waals surface area (Å²) in [7, 11) is 1.25.